The molecule has 1 aromatic rings. The fraction of sp³-hybridized carbons (Fsp3) is 0.500. The van der Waals surface area contributed by atoms with Crippen molar-refractivity contribution in [3.63, 3.8) is 0 Å². The molecule has 3 nitrogen and oxygen atoms in total. The fourth-order valence-corrected chi connectivity index (χ4v) is 3.77. The molecule has 4 heteroatoms. The van der Waals surface area contributed by atoms with Gasteiger partial charge in [0.15, 0.2) is 9.84 Å². The number of aliphatic hydroxyl groups excluding tert-OH is 1. The number of benzene rings is 1. The van der Waals surface area contributed by atoms with Gasteiger partial charge in [-0.1, -0.05) is 12.1 Å². The molecule has 0 saturated carbocycles. The molecule has 0 aromatic heterocycles. The van der Waals surface area contributed by atoms with Crippen LogP contribution in [0.3, 0.4) is 0 Å². The van der Waals surface area contributed by atoms with E-state index in [1.165, 1.54) is 0 Å². The maximum atomic E-state index is 11.9. The third kappa shape index (κ3) is 1.87. The summed E-state index contributed by atoms with van der Waals surface area (Å²) >= 11 is 0. The Morgan fingerprint density at radius 1 is 1.50 bits per heavy atom. The van der Waals surface area contributed by atoms with Gasteiger partial charge in [0, 0.05) is 0 Å². The second-order valence-electron chi connectivity index (χ2n) is 4.55. The molecule has 2 unspecified atom stereocenters. The Morgan fingerprint density at radius 2 is 2.19 bits per heavy atom. The van der Waals surface area contributed by atoms with Gasteiger partial charge in [-0.25, -0.2) is 8.42 Å². The number of hydrogen-bond acceptors (Lipinski definition) is 3. The van der Waals surface area contributed by atoms with Crippen molar-refractivity contribution < 1.29 is 13.5 Å². The van der Waals surface area contributed by atoms with Crippen LogP contribution in [0.2, 0.25) is 0 Å². The van der Waals surface area contributed by atoms with Crippen LogP contribution in [-0.4, -0.2) is 24.9 Å². The number of sulfone groups is 1. The Balaban J connectivity index is 2.41. The number of fused-ring (bicyclic) bond motifs is 1. The minimum absolute atomic E-state index is 0.315. The summed E-state index contributed by atoms with van der Waals surface area (Å²) < 4.78 is 23.7. The monoisotopic (exact) mass is 240 g/mol. The molecular weight excluding hydrogens is 224 g/mol. The van der Waals surface area contributed by atoms with Crippen LogP contribution < -0.4 is 0 Å². The van der Waals surface area contributed by atoms with Crippen LogP contribution in [0.25, 0.3) is 0 Å². The number of rotatable bonds is 2. The van der Waals surface area contributed by atoms with Crippen LogP contribution in [0.5, 0.6) is 0 Å². The largest absolute Gasteiger partial charge is 0.393 e. The molecule has 0 bridgehead atoms. The van der Waals surface area contributed by atoms with E-state index in [4.69, 9.17) is 0 Å². The summed E-state index contributed by atoms with van der Waals surface area (Å²) in [6.07, 6.45) is 0.765. The minimum Gasteiger partial charge on any atom is -0.393 e. The summed E-state index contributed by atoms with van der Waals surface area (Å²) in [5.41, 5.74) is 1.89. The average molecular weight is 240 g/mol. The predicted molar refractivity (Wildman–Crippen MR) is 62.2 cm³/mol. The Morgan fingerprint density at radius 3 is 2.81 bits per heavy atom. The maximum Gasteiger partial charge on any atom is 0.181 e. The first kappa shape index (κ1) is 11.6. The highest BCUT2D eigenvalue weighted by atomic mass is 32.2. The number of hydrogen-bond donors (Lipinski definition) is 1. The van der Waals surface area contributed by atoms with E-state index in [-0.39, 0.29) is 5.25 Å². The van der Waals surface area contributed by atoms with E-state index in [0.29, 0.717) is 17.7 Å². The Bertz CT molecular complexity index is 503. The van der Waals surface area contributed by atoms with Crippen molar-refractivity contribution in [1.82, 2.24) is 0 Å². The molecule has 2 rings (SSSR count). The first-order valence-electron chi connectivity index (χ1n) is 5.45. The summed E-state index contributed by atoms with van der Waals surface area (Å²) in [5.74, 6) is 0. The lowest BCUT2D eigenvalue weighted by molar-refractivity contribution is 0.195. The highest BCUT2D eigenvalue weighted by molar-refractivity contribution is 7.92. The molecule has 88 valence electrons. The van der Waals surface area contributed by atoms with Crippen molar-refractivity contribution in [3.8, 4) is 0 Å². The molecule has 0 aliphatic carbocycles. The van der Waals surface area contributed by atoms with Gasteiger partial charge < -0.3 is 5.11 Å². The van der Waals surface area contributed by atoms with Crippen LogP contribution in [0.1, 0.15) is 25.0 Å². The second kappa shape index (κ2) is 3.86. The third-order valence-electron chi connectivity index (χ3n) is 3.00. The molecular formula is C12H16O3S. The van der Waals surface area contributed by atoms with Gasteiger partial charge in [0.05, 0.1) is 16.2 Å². The zero-order valence-electron chi connectivity index (χ0n) is 9.47. The zero-order valence-corrected chi connectivity index (χ0v) is 10.3. The average Bonchev–Trinajstić information content (AvgIpc) is 2.36. The number of aliphatic hydroxyl groups is 1. The summed E-state index contributed by atoms with van der Waals surface area (Å²) in [6, 6.07) is 5.37. The van der Waals surface area contributed by atoms with E-state index >= 15 is 0 Å². The topological polar surface area (TPSA) is 54.4 Å². The van der Waals surface area contributed by atoms with E-state index in [2.05, 4.69) is 0 Å². The van der Waals surface area contributed by atoms with Crippen molar-refractivity contribution in [2.24, 2.45) is 0 Å². The van der Waals surface area contributed by atoms with E-state index < -0.39 is 15.9 Å². The van der Waals surface area contributed by atoms with Gasteiger partial charge in [-0.2, -0.15) is 0 Å². The maximum absolute atomic E-state index is 11.9. The molecule has 1 aliphatic heterocycles. The molecule has 0 amide bonds. The lowest BCUT2D eigenvalue weighted by Gasteiger charge is -2.06. The SMILES string of the molecule is CC(O)Cc1ccc2c(c1)CC(C)S2(=O)=O. The zero-order chi connectivity index (χ0) is 11.9. The normalized spacial score (nSPS) is 24.1. The van der Waals surface area contributed by atoms with Crippen LogP contribution in [0.15, 0.2) is 23.1 Å². The van der Waals surface area contributed by atoms with Crippen molar-refractivity contribution in [3.05, 3.63) is 29.3 Å². The lowest BCUT2D eigenvalue weighted by Crippen LogP contribution is -2.11. The molecule has 1 aromatic carbocycles. The van der Waals surface area contributed by atoms with E-state index in [0.717, 1.165) is 11.1 Å². The molecule has 0 radical (unpaired) electrons. The van der Waals surface area contributed by atoms with E-state index in [1.54, 1.807) is 26.0 Å². The van der Waals surface area contributed by atoms with Gasteiger partial charge in [0.1, 0.15) is 0 Å². The van der Waals surface area contributed by atoms with Gasteiger partial charge in [-0.05, 0) is 43.9 Å². The van der Waals surface area contributed by atoms with Crippen LogP contribution in [0, 0.1) is 0 Å². The summed E-state index contributed by atoms with van der Waals surface area (Å²) in [4.78, 5) is 0.467. The van der Waals surface area contributed by atoms with Gasteiger partial charge in [-0.3, -0.25) is 0 Å². The molecule has 0 spiro atoms. The molecule has 1 N–H and O–H groups in total. The van der Waals surface area contributed by atoms with Crippen LogP contribution in [-0.2, 0) is 22.7 Å². The van der Waals surface area contributed by atoms with Crippen LogP contribution >= 0.6 is 0 Å². The van der Waals surface area contributed by atoms with E-state index in [1.807, 2.05) is 6.07 Å². The summed E-state index contributed by atoms with van der Waals surface area (Å²) in [7, 11) is -3.09. The predicted octanol–water partition coefficient (Wildman–Crippen LogP) is 1.33. The second-order valence-corrected chi connectivity index (χ2v) is 6.89. The van der Waals surface area contributed by atoms with Gasteiger partial charge >= 0.3 is 0 Å². The molecule has 0 saturated heterocycles. The van der Waals surface area contributed by atoms with Gasteiger partial charge in [0.25, 0.3) is 0 Å². The molecule has 2 atom stereocenters. The summed E-state index contributed by atoms with van der Waals surface area (Å²) in [5, 5.41) is 8.98. The van der Waals surface area contributed by atoms with Crippen molar-refractivity contribution in [2.75, 3.05) is 0 Å². The van der Waals surface area contributed by atoms with Crippen molar-refractivity contribution in [2.45, 2.75) is 42.9 Å². The highest BCUT2D eigenvalue weighted by Gasteiger charge is 2.33. The third-order valence-corrected chi connectivity index (χ3v) is 5.24. The Hall–Kier alpha value is -0.870. The van der Waals surface area contributed by atoms with Crippen molar-refractivity contribution >= 4 is 9.84 Å². The highest BCUT2D eigenvalue weighted by Crippen LogP contribution is 2.31. The van der Waals surface area contributed by atoms with Crippen molar-refractivity contribution in [1.29, 1.82) is 0 Å². The standard InChI is InChI=1S/C12H16O3S/c1-8(13)5-10-3-4-12-11(7-10)6-9(2)16(12,14)15/h3-4,7-9,13H,5-6H2,1-2H3. The molecule has 16 heavy (non-hydrogen) atoms. The molecule has 0 fully saturated rings. The minimum atomic E-state index is -3.09. The quantitative estimate of drug-likeness (QED) is 0.848. The smallest absolute Gasteiger partial charge is 0.181 e. The lowest BCUT2D eigenvalue weighted by atomic mass is 10.0. The van der Waals surface area contributed by atoms with Gasteiger partial charge in [-0.15, -0.1) is 0 Å². The summed E-state index contributed by atoms with van der Waals surface area (Å²) in [6.45, 7) is 3.47. The van der Waals surface area contributed by atoms with Gasteiger partial charge in [0.2, 0.25) is 0 Å². The first-order valence-corrected chi connectivity index (χ1v) is 6.99. The van der Waals surface area contributed by atoms with Crippen LogP contribution in [0.4, 0.5) is 0 Å². The Kier molecular flexibility index (Phi) is 2.80. The fourth-order valence-electron chi connectivity index (χ4n) is 2.17. The molecule has 1 heterocycles. The Labute approximate surface area is 96.0 Å². The molecule has 1 aliphatic rings. The van der Waals surface area contributed by atoms with E-state index in [9.17, 15) is 13.5 Å². The first-order chi connectivity index (χ1) is 7.41.